The number of carbonyl (C=O) groups excluding carboxylic acids is 3. The van der Waals surface area contributed by atoms with Crippen molar-refractivity contribution < 1.29 is 14.4 Å². The Morgan fingerprint density at radius 3 is 2.30 bits per heavy atom. The Kier molecular flexibility index (Phi) is 5.48. The van der Waals surface area contributed by atoms with Crippen molar-refractivity contribution in [2.45, 2.75) is 13.0 Å². The van der Waals surface area contributed by atoms with Gasteiger partial charge >= 0.3 is 0 Å². The average Bonchev–Trinajstić information content (AvgIpc) is 2.75. The number of nitrogens with one attached hydrogen (secondary N) is 2. The molecule has 1 amide bonds. The summed E-state index contributed by atoms with van der Waals surface area (Å²) in [5.41, 5.74) is 2.57. The van der Waals surface area contributed by atoms with Gasteiger partial charge in [-0.05, 0) is 30.7 Å². The van der Waals surface area contributed by atoms with E-state index in [2.05, 4.69) is 10.6 Å². The highest BCUT2D eigenvalue weighted by molar-refractivity contribution is 6.31. The van der Waals surface area contributed by atoms with Gasteiger partial charge in [0.15, 0.2) is 11.6 Å². The predicted octanol–water partition coefficient (Wildman–Crippen LogP) is 4.40. The number of fused-ring (bicyclic) bond motifs is 2. The average molecular weight is 419 g/mol. The molecule has 0 bridgehead atoms. The summed E-state index contributed by atoms with van der Waals surface area (Å²) in [7, 11) is 0. The first-order chi connectivity index (χ1) is 14.5. The van der Waals surface area contributed by atoms with Crippen molar-refractivity contribution in [2.24, 2.45) is 0 Å². The molecule has 3 aromatic rings. The molecular weight excluding hydrogens is 400 g/mol. The fourth-order valence-electron chi connectivity index (χ4n) is 3.58. The first-order valence-electron chi connectivity index (χ1n) is 9.56. The van der Waals surface area contributed by atoms with Crippen molar-refractivity contribution in [1.82, 2.24) is 5.32 Å². The van der Waals surface area contributed by atoms with Crippen LogP contribution in [0.2, 0.25) is 5.02 Å². The molecule has 0 spiro atoms. The van der Waals surface area contributed by atoms with Crippen LogP contribution in [0, 0.1) is 0 Å². The number of benzene rings is 3. The number of anilines is 1. The molecule has 3 aromatic carbocycles. The zero-order valence-corrected chi connectivity index (χ0v) is 17.0. The zero-order valence-electron chi connectivity index (χ0n) is 16.2. The van der Waals surface area contributed by atoms with Gasteiger partial charge in [0.25, 0.3) is 0 Å². The zero-order chi connectivity index (χ0) is 21.3. The van der Waals surface area contributed by atoms with Gasteiger partial charge in [-0.3, -0.25) is 14.4 Å². The van der Waals surface area contributed by atoms with Crippen LogP contribution in [-0.4, -0.2) is 24.0 Å². The highest BCUT2D eigenvalue weighted by Crippen LogP contribution is 2.31. The summed E-state index contributed by atoms with van der Waals surface area (Å²) in [5.74, 6) is -0.795. The van der Waals surface area contributed by atoms with E-state index in [4.69, 9.17) is 11.6 Å². The van der Waals surface area contributed by atoms with Crippen molar-refractivity contribution in [3.05, 3.63) is 99.6 Å². The van der Waals surface area contributed by atoms with Gasteiger partial charge in [-0.2, -0.15) is 0 Å². The molecule has 0 heterocycles. The Hall–Kier alpha value is -3.28. The summed E-state index contributed by atoms with van der Waals surface area (Å²) in [6.07, 6.45) is 0. The Morgan fingerprint density at radius 2 is 1.57 bits per heavy atom. The SMILES string of the molecule is C[C@@H](NCC(=O)Nc1cccc2c1C(=O)c1ccccc1C2=O)c1cccc(Cl)c1. The van der Waals surface area contributed by atoms with E-state index in [1.165, 1.54) is 0 Å². The Balaban J connectivity index is 1.51. The number of hydrogen-bond donors (Lipinski definition) is 2. The van der Waals surface area contributed by atoms with Crippen molar-refractivity contribution >= 4 is 34.8 Å². The number of amides is 1. The molecule has 0 aliphatic heterocycles. The molecule has 0 saturated heterocycles. The van der Waals surface area contributed by atoms with Crippen molar-refractivity contribution in [3.8, 4) is 0 Å². The molecule has 0 unspecified atom stereocenters. The second kappa shape index (κ2) is 8.22. The summed E-state index contributed by atoms with van der Waals surface area (Å²) < 4.78 is 0. The van der Waals surface area contributed by atoms with Gasteiger partial charge in [-0.15, -0.1) is 0 Å². The Bertz CT molecular complexity index is 1170. The first-order valence-corrected chi connectivity index (χ1v) is 9.93. The lowest BCUT2D eigenvalue weighted by molar-refractivity contribution is -0.115. The van der Waals surface area contributed by atoms with E-state index in [-0.39, 0.29) is 35.6 Å². The lowest BCUT2D eigenvalue weighted by Crippen LogP contribution is -2.31. The lowest BCUT2D eigenvalue weighted by Gasteiger charge is -2.20. The van der Waals surface area contributed by atoms with E-state index in [0.717, 1.165) is 5.56 Å². The van der Waals surface area contributed by atoms with E-state index in [9.17, 15) is 14.4 Å². The summed E-state index contributed by atoms with van der Waals surface area (Å²) >= 11 is 6.02. The second-order valence-electron chi connectivity index (χ2n) is 7.14. The van der Waals surface area contributed by atoms with E-state index < -0.39 is 0 Å². The number of ketones is 2. The summed E-state index contributed by atoms with van der Waals surface area (Å²) in [6.45, 7) is 1.97. The molecule has 4 rings (SSSR count). The van der Waals surface area contributed by atoms with E-state index in [1.54, 1.807) is 48.5 Å². The summed E-state index contributed by atoms with van der Waals surface area (Å²) in [5, 5.41) is 6.54. The van der Waals surface area contributed by atoms with Crippen LogP contribution in [0.3, 0.4) is 0 Å². The van der Waals surface area contributed by atoms with Crippen molar-refractivity contribution in [1.29, 1.82) is 0 Å². The molecular formula is C24H19ClN2O3. The van der Waals surface area contributed by atoms with Crippen LogP contribution in [0.5, 0.6) is 0 Å². The van der Waals surface area contributed by atoms with E-state index in [1.807, 2.05) is 25.1 Å². The minimum Gasteiger partial charge on any atom is -0.324 e. The molecule has 5 nitrogen and oxygen atoms in total. The fourth-order valence-corrected chi connectivity index (χ4v) is 3.78. The van der Waals surface area contributed by atoms with Gasteiger partial charge in [0.2, 0.25) is 5.91 Å². The monoisotopic (exact) mass is 418 g/mol. The maximum atomic E-state index is 13.0. The van der Waals surface area contributed by atoms with E-state index >= 15 is 0 Å². The first kappa shape index (κ1) is 20.0. The third-order valence-corrected chi connectivity index (χ3v) is 5.38. The minimum atomic E-state index is -0.309. The molecule has 0 fully saturated rings. The molecule has 150 valence electrons. The van der Waals surface area contributed by atoms with Gasteiger partial charge in [-0.25, -0.2) is 0 Å². The quantitative estimate of drug-likeness (QED) is 0.503. The normalized spacial score (nSPS) is 13.4. The molecule has 0 aromatic heterocycles. The largest absolute Gasteiger partial charge is 0.324 e. The molecule has 2 N–H and O–H groups in total. The van der Waals surface area contributed by atoms with Crippen molar-refractivity contribution in [2.75, 3.05) is 11.9 Å². The van der Waals surface area contributed by atoms with Crippen LogP contribution in [0.1, 0.15) is 50.4 Å². The van der Waals surface area contributed by atoms with E-state index in [0.29, 0.717) is 27.4 Å². The fraction of sp³-hybridized carbons (Fsp3) is 0.125. The molecule has 1 aliphatic rings. The smallest absolute Gasteiger partial charge is 0.238 e. The number of carbonyl (C=O) groups is 3. The number of halogens is 1. The van der Waals surface area contributed by atoms with Crippen molar-refractivity contribution in [3.63, 3.8) is 0 Å². The van der Waals surface area contributed by atoms with Gasteiger partial charge in [0.05, 0.1) is 17.8 Å². The maximum Gasteiger partial charge on any atom is 0.238 e. The second-order valence-corrected chi connectivity index (χ2v) is 7.57. The highest BCUT2D eigenvalue weighted by atomic mass is 35.5. The van der Waals surface area contributed by atoms with Gasteiger partial charge < -0.3 is 10.6 Å². The topological polar surface area (TPSA) is 75.3 Å². The highest BCUT2D eigenvalue weighted by Gasteiger charge is 2.31. The summed E-state index contributed by atoms with van der Waals surface area (Å²) in [4.78, 5) is 38.3. The molecule has 6 heteroatoms. The Morgan fingerprint density at radius 1 is 0.900 bits per heavy atom. The van der Waals surface area contributed by atoms with Crippen LogP contribution in [-0.2, 0) is 4.79 Å². The number of hydrogen-bond acceptors (Lipinski definition) is 4. The van der Waals surface area contributed by atoms with Gasteiger partial charge in [0.1, 0.15) is 0 Å². The van der Waals surface area contributed by atoms with Gasteiger partial charge in [-0.1, -0.05) is 60.1 Å². The van der Waals surface area contributed by atoms with Crippen LogP contribution in [0.25, 0.3) is 0 Å². The molecule has 0 radical (unpaired) electrons. The third-order valence-electron chi connectivity index (χ3n) is 5.14. The van der Waals surface area contributed by atoms with Crippen LogP contribution in [0.15, 0.2) is 66.7 Å². The van der Waals surface area contributed by atoms with Crippen LogP contribution >= 0.6 is 11.6 Å². The third kappa shape index (κ3) is 3.77. The van der Waals surface area contributed by atoms with Gasteiger partial charge in [0, 0.05) is 27.8 Å². The molecule has 1 aliphatic carbocycles. The standard InChI is InChI=1S/C24H19ClN2O3/c1-14(15-6-4-7-16(25)12-15)26-13-21(28)27-20-11-5-10-19-22(20)24(30)18-9-3-2-8-17(18)23(19)29/h2-12,14,26H,13H2,1H3,(H,27,28)/t14-/m1/s1. The molecule has 0 saturated carbocycles. The van der Waals surface area contributed by atoms with Crippen LogP contribution < -0.4 is 10.6 Å². The maximum absolute atomic E-state index is 13.0. The number of rotatable bonds is 5. The predicted molar refractivity (Wildman–Crippen MR) is 116 cm³/mol. The Labute approximate surface area is 179 Å². The minimum absolute atomic E-state index is 0.0378. The lowest BCUT2D eigenvalue weighted by atomic mass is 9.83. The molecule has 1 atom stereocenters. The van der Waals surface area contributed by atoms with Crippen LogP contribution in [0.4, 0.5) is 5.69 Å². The molecule has 30 heavy (non-hydrogen) atoms. The summed E-state index contributed by atoms with van der Waals surface area (Å²) in [6, 6.07) is 19.0.